The lowest BCUT2D eigenvalue weighted by Gasteiger charge is -2.11. The molecule has 90 valence electrons. The minimum atomic E-state index is 0.908. The summed E-state index contributed by atoms with van der Waals surface area (Å²) in [5, 5.41) is 3.60. The van der Waals surface area contributed by atoms with Crippen LogP contribution in [0, 0.1) is 5.92 Å². The van der Waals surface area contributed by atoms with Gasteiger partial charge < -0.3 is 10.2 Å². The van der Waals surface area contributed by atoms with E-state index in [2.05, 4.69) is 24.2 Å². The molecule has 0 bridgehead atoms. The van der Waals surface area contributed by atoms with Crippen LogP contribution in [0.15, 0.2) is 0 Å². The molecule has 0 aliphatic carbocycles. The van der Waals surface area contributed by atoms with Gasteiger partial charge in [0.15, 0.2) is 0 Å². The molecule has 0 aromatic heterocycles. The SMILES string of the molecule is CCCCCCCNCC1CCN(C)C1. The van der Waals surface area contributed by atoms with E-state index in [0.29, 0.717) is 0 Å². The second-order valence-electron chi connectivity index (χ2n) is 5.04. The summed E-state index contributed by atoms with van der Waals surface area (Å²) in [6, 6.07) is 0. The third-order valence-electron chi connectivity index (χ3n) is 3.38. The van der Waals surface area contributed by atoms with Crippen LogP contribution in [0.5, 0.6) is 0 Å². The molecule has 0 spiro atoms. The van der Waals surface area contributed by atoms with Gasteiger partial charge in [-0.05, 0) is 45.4 Å². The molecule has 1 aliphatic rings. The van der Waals surface area contributed by atoms with Crippen LogP contribution in [0.25, 0.3) is 0 Å². The van der Waals surface area contributed by atoms with Crippen LogP contribution in [0.4, 0.5) is 0 Å². The van der Waals surface area contributed by atoms with E-state index in [1.807, 2.05) is 0 Å². The molecule has 1 fully saturated rings. The van der Waals surface area contributed by atoms with Crippen molar-refractivity contribution in [3.63, 3.8) is 0 Å². The first kappa shape index (κ1) is 13.0. The molecule has 1 N–H and O–H groups in total. The van der Waals surface area contributed by atoms with Crippen LogP contribution in [0.2, 0.25) is 0 Å². The van der Waals surface area contributed by atoms with Crippen LogP contribution in [0.3, 0.4) is 0 Å². The Balaban J connectivity index is 1.81. The summed E-state index contributed by atoms with van der Waals surface area (Å²) in [5.74, 6) is 0.908. The fraction of sp³-hybridized carbons (Fsp3) is 1.00. The summed E-state index contributed by atoms with van der Waals surface area (Å²) in [5.41, 5.74) is 0. The van der Waals surface area contributed by atoms with Gasteiger partial charge in [-0.2, -0.15) is 0 Å². The van der Waals surface area contributed by atoms with E-state index in [1.165, 1.54) is 64.7 Å². The maximum absolute atomic E-state index is 3.60. The summed E-state index contributed by atoms with van der Waals surface area (Å²) in [6.07, 6.45) is 8.34. The topological polar surface area (TPSA) is 15.3 Å². The average Bonchev–Trinajstić information content (AvgIpc) is 2.63. The molecule has 0 radical (unpaired) electrons. The highest BCUT2D eigenvalue weighted by Crippen LogP contribution is 2.12. The predicted molar refractivity (Wildman–Crippen MR) is 67.2 cm³/mol. The molecular weight excluding hydrogens is 184 g/mol. The third kappa shape index (κ3) is 6.16. The first-order valence-corrected chi connectivity index (χ1v) is 6.72. The molecule has 0 aromatic rings. The van der Waals surface area contributed by atoms with Gasteiger partial charge in [-0.3, -0.25) is 0 Å². The quantitative estimate of drug-likeness (QED) is 0.622. The molecule has 1 unspecified atom stereocenters. The van der Waals surface area contributed by atoms with Gasteiger partial charge in [0.05, 0.1) is 0 Å². The van der Waals surface area contributed by atoms with Crippen molar-refractivity contribution in [2.24, 2.45) is 5.92 Å². The molecule has 2 heteroatoms. The van der Waals surface area contributed by atoms with Crippen molar-refractivity contribution >= 4 is 0 Å². The van der Waals surface area contributed by atoms with Crippen LogP contribution in [-0.2, 0) is 0 Å². The third-order valence-corrected chi connectivity index (χ3v) is 3.38. The zero-order chi connectivity index (χ0) is 10.9. The van der Waals surface area contributed by atoms with Crippen LogP contribution in [-0.4, -0.2) is 38.1 Å². The number of nitrogens with zero attached hydrogens (tertiary/aromatic N) is 1. The van der Waals surface area contributed by atoms with E-state index < -0.39 is 0 Å². The molecule has 1 heterocycles. The lowest BCUT2D eigenvalue weighted by atomic mass is 10.1. The van der Waals surface area contributed by atoms with E-state index >= 15 is 0 Å². The van der Waals surface area contributed by atoms with E-state index in [9.17, 15) is 0 Å². The van der Waals surface area contributed by atoms with Crippen LogP contribution < -0.4 is 5.32 Å². The molecule has 1 rings (SSSR count). The Labute approximate surface area is 95.4 Å². The van der Waals surface area contributed by atoms with E-state index in [0.717, 1.165) is 5.92 Å². The van der Waals surface area contributed by atoms with Crippen LogP contribution >= 0.6 is 0 Å². The fourth-order valence-corrected chi connectivity index (χ4v) is 2.35. The summed E-state index contributed by atoms with van der Waals surface area (Å²) in [7, 11) is 2.23. The van der Waals surface area contributed by atoms with Crippen molar-refractivity contribution in [3.8, 4) is 0 Å². The molecule has 1 saturated heterocycles. The molecule has 0 saturated carbocycles. The highest BCUT2D eigenvalue weighted by atomic mass is 15.1. The van der Waals surface area contributed by atoms with Crippen LogP contribution in [0.1, 0.15) is 45.4 Å². The first-order chi connectivity index (χ1) is 7.33. The standard InChI is InChI=1S/C13H28N2/c1-3-4-5-6-7-9-14-11-13-8-10-15(2)12-13/h13-14H,3-12H2,1-2H3. The summed E-state index contributed by atoms with van der Waals surface area (Å²) in [6.45, 7) is 7.32. The number of likely N-dealkylation sites (tertiary alicyclic amines) is 1. The molecular formula is C13H28N2. The molecule has 15 heavy (non-hydrogen) atoms. The van der Waals surface area contributed by atoms with Gasteiger partial charge in [-0.15, -0.1) is 0 Å². The molecule has 1 aliphatic heterocycles. The molecule has 0 amide bonds. The Hall–Kier alpha value is -0.0800. The Morgan fingerprint density at radius 3 is 2.67 bits per heavy atom. The van der Waals surface area contributed by atoms with Crippen molar-refractivity contribution in [3.05, 3.63) is 0 Å². The normalized spacial score (nSPS) is 22.4. The smallest absolute Gasteiger partial charge is 0.00192 e. The number of rotatable bonds is 8. The van der Waals surface area contributed by atoms with Crippen molar-refractivity contribution in [2.45, 2.75) is 45.4 Å². The number of nitrogens with one attached hydrogen (secondary N) is 1. The predicted octanol–water partition coefficient (Wildman–Crippen LogP) is 2.50. The number of unbranched alkanes of at least 4 members (excludes halogenated alkanes) is 4. The lowest BCUT2D eigenvalue weighted by Crippen LogP contribution is -2.25. The summed E-state index contributed by atoms with van der Waals surface area (Å²) >= 11 is 0. The Morgan fingerprint density at radius 2 is 2.00 bits per heavy atom. The molecule has 1 atom stereocenters. The largest absolute Gasteiger partial charge is 0.316 e. The monoisotopic (exact) mass is 212 g/mol. The highest BCUT2D eigenvalue weighted by molar-refractivity contribution is 4.74. The second kappa shape index (κ2) is 8.12. The minimum absolute atomic E-state index is 0.908. The van der Waals surface area contributed by atoms with Gasteiger partial charge in [0.25, 0.3) is 0 Å². The van der Waals surface area contributed by atoms with Crippen molar-refractivity contribution in [1.82, 2.24) is 10.2 Å². The van der Waals surface area contributed by atoms with Gasteiger partial charge in [-0.25, -0.2) is 0 Å². The summed E-state index contributed by atoms with van der Waals surface area (Å²) < 4.78 is 0. The van der Waals surface area contributed by atoms with Crippen molar-refractivity contribution in [2.75, 3.05) is 33.2 Å². The highest BCUT2D eigenvalue weighted by Gasteiger charge is 2.18. The first-order valence-electron chi connectivity index (χ1n) is 6.72. The fourth-order valence-electron chi connectivity index (χ4n) is 2.35. The maximum atomic E-state index is 3.60. The van der Waals surface area contributed by atoms with E-state index in [4.69, 9.17) is 0 Å². The maximum Gasteiger partial charge on any atom is 0.00192 e. The van der Waals surface area contributed by atoms with Crippen molar-refractivity contribution in [1.29, 1.82) is 0 Å². The molecule has 2 nitrogen and oxygen atoms in total. The summed E-state index contributed by atoms with van der Waals surface area (Å²) in [4.78, 5) is 2.44. The van der Waals surface area contributed by atoms with Gasteiger partial charge in [0.2, 0.25) is 0 Å². The van der Waals surface area contributed by atoms with E-state index in [-0.39, 0.29) is 0 Å². The van der Waals surface area contributed by atoms with Gasteiger partial charge in [0, 0.05) is 6.54 Å². The Kier molecular flexibility index (Phi) is 7.03. The Morgan fingerprint density at radius 1 is 1.20 bits per heavy atom. The minimum Gasteiger partial charge on any atom is -0.316 e. The van der Waals surface area contributed by atoms with Gasteiger partial charge in [-0.1, -0.05) is 32.6 Å². The zero-order valence-electron chi connectivity index (χ0n) is 10.6. The number of hydrogen-bond acceptors (Lipinski definition) is 2. The van der Waals surface area contributed by atoms with Gasteiger partial charge in [0.1, 0.15) is 0 Å². The number of hydrogen-bond donors (Lipinski definition) is 1. The second-order valence-corrected chi connectivity index (χ2v) is 5.04. The molecule has 0 aromatic carbocycles. The van der Waals surface area contributed by atoms with Gasteiger partial charge >= 0.3 is 0 Å². The van der Waals surface area contributed by atoms with Crippen molar-refractivity contribution < 1.29 is 0 Å². The zero-order valence-corrected chi connectivity index (χ0v) is 10.6. The Bertz CT molecular complexity index is 147. The lowest BCUT2D eigenvalue weighted by molar-refractivity contribution is 0.387. The van der Waals surface area contributed by atoms with E-state index in [1.54, 1.807) is 0 Å². The average molecular weight is 212 g/mol.